The molecule has 0 amide bonds. The largest absolute Gasteiger partial charge is 0.379 e. The molecule has 4 aromatic heterocycles. The van der Waals surface area contributed by atoms with Crippen molar-refractivity contribution in [3.63, 3.8) is 0 Å². The molecule has 0 saturated carbocycles. The number of para-hydroxylation sites is 1. The summed E-state index contributed by atoms with van der Waals surface area (Å²) in [6, 6.07) is 14.0. The van der Waals surface area contributed by atoms with E-state index in [-0.39, 0.29) is 5.82 Å². The topological polar surface area (TPSA) is 95.7 Å². The van der Waals surface area contributed by atoms with Crippen molar-refractivity contribution in [1.82, 2.24) is 24.8 Å². The average molecular weight is 360 g/mol. The summed E-state index contributed by atoms with van der Waals surface area (Å²) in [6.07, 6.45) is 3.59. The zero-order valence-corrected chi connectivity index (χ0v) is 14.2. The van der Waals surface area contributed by atoms with E-state index in [2.05, 4.69) is 21.4 Å². The third-order valence-electron chi connectivity index (χ3n) is 4.09. The summed E-state index contributed by atoms with van der Waals surface area (Å²) in [4.78, 5) is 10.2. The lowest BCUT2D eigenvalue weighted by Gasteiger charge is -2.10. The van der Waals surface area contributed by atoms with E-state index in [1.165, 1.54) is 0 Å². The van der Waals surface area contributed by atoms with Crippen LogP contribution in [0.5, 0.6) is 0 Å². The van der Waals surface area contributed by atoms with Gasteiger partial charge in [0.15, 0.2) is 17.3 Å². The summed E-state index contributed by atoms with van der Waals surface area (Å²) in [5.74, 6) is 0.763. The molecule has 0 spiro atoms. The van der Waals surface area contributed by atoms with Gasteiger partial charge in [-0.05, 0) is 33.9 Å². The number of rotatable bonds is 3. The van der Waals surface area contributed by atoms with Gasteiger partial charge in [0, 0.05) is 22.3 Å². The molecule has 0 aliphatic carbocycles. The first-order chi connectivity index (χ1) is 12.8. The molecule has 0 atom stereocenters. The van der Waals surface area contributed by atoms with Gasteiger partial charge < -0.3 is 5.73 Å². The quantitative estimate of drug-likeness (QED) is 0.526. The van der Waals surface area contributed by atoms with Crippen LogP contribution in [0.4, 0.5) is 5.82 Å². The van der Waals surface area contributed by atoms with Gasteiger partial charge in [-0.3, -0.25) is 9.55 Å². The minimum absolute atomic E-state index is 0.197. The van der Waals surface area contributed by atoms with Gasteiger partial charge in [0.1, 0.15) is 5.52 Å². The van der Waals surface area contributed by atoms with E-state index in [1.54, 1.807) is 17.5 Å². The van der Waals surface area contributed by atoms with Crippen molar-refractivity contribution >= 4 is 28.2 Å². The maximum absolute atomic E-state index is 5.94. The van der Waals surface area contributed by atoms with Gasteiger partial charge in [-0.2, -0.15) is 0 Å². The molecule has 5 rings (SSSR count). The standard InChI is InChI=1S/C18H12N6OS/c19-17-15(22-25-23-17)18-21-13-10-20-9-12(14-7-4-8-26-14)16(13)24(18)11-5-2-1-3-6-11/h1-10H,(H2,19,23). The number of anilines is 1. The van der Waals surface area contributed by atoms with Crippen molar-refractivity contribution in [3.05, 3.63) is 60.2 Å². The first kappa shape index (κ1) is 14.8. The summed E-state index contributed by atoms with van der Waals surface area (Å²) in [5, 5.41) is 9.68. The Morgan fingerprint density at radius 2 is 1.88 bits per heavy atom. The number of fused-ring (bicyclic) bond motifs is 1. The zero-order valence-electron chi connectivity index (χ0n) is 13.4. The summed E-state index contributed by atoms with van der Waals surface area (Å²) < 4.78 is 6.81. The zero-order chi connectivity index (χ0) is 17.5. The lowest BCUT2D eigenvalue weighted by Crippen LogP contribution is -2.00. The van der Waals surface area contributed by atoms with Crippen LogP contribution in [0.2, 0.25) is 0 Å². The van der Waals surface area contributed by atoms with Crippen molar-refractivity contribution in [2.45, 2.75) is 0 Å². The Kier molecular flexibility index (Phi) is 3.29. The molecule has 0 aliphatic heterocycles. The molecule has 26 heavy (non-hydrogen) atoms. The number of pyridine rings is 1. The van der Waals surface area contributed by atoms with E-state index in [4.69, 9.17) is 15.3 Å². The third-order valence-corrected chi connectivity index (χ3v) is 4.99. The van der Waals surface area contributed by atoms with Crippen molar-refractivity contribution < 1.29 is 4.63 Å². The van der Waals surface area contributed by atoms with Crippen LogP contribution >= 0.6 is 11.3 Å². The van der Waals surface area contributed by atoms with Crippen LogP contribution in [0, 0.1) is 0 Å². The van der Waals surface area contributed by atoms with E-state index in [1.807, 2.05) is 52.5 Å². The fourth-order valence-corrected chi connectivity index (χ4v) is 3.72. The Labute approximate surface area is 151 Å². The Morgan fingerprint density at radius 3 is 2.62 bits per heavy atom. The molecule has 0 bridgehead atoms. The minimum Gasteiger partial charge on any atom is -0.379 e. The molecule has 0 fully saturated rings. The van der Waals surface area contributed by atoms with Crippen LogP contribution in [-0.4, -0.2) is 24.8 Å². The van der Waals surface area contributed by atoms with E-state index in [0.717, 1.165) is 27.2 Å². The van der Waals surface area contributed by atoms with E-state index >= 15 is 0 Å². The van der Waals surface area contributed by atoms with Gasteiger partial charge in [0.2, 0.25) is 0 Å². The Balaban J connectivity index is 1.92. The Hall–Kier alpha value is -3.52. The van der Waals surface area contributed by atoms with Crippen molar-refractivity contribution in [2.75, 3.05) is 5.73 Å². The van der Waals surface area contributed by atoms with E-state index in [0.29, 0.717) is 11.5 Å². The van der Waals surface area contributed by atoms with E-state index in [9.17, 15) is 0 Å². The number of aromatic nitrogens is 5. The number of hydrogen-bond acceptors (Lipinski definition) is 7. The van der Waals surface area contributed by atoms with Crippen molar-refractivity contribution in [2.24, 2.45) is 0 Å². The predicted molar refractivity (Wildman–Crippen MR) is 99.9 cm³/mol. The Morgan fingerprint density at radius 1 is 1.00 bits per heavy atom. The number of nitrogen functional groups attached to an aromatic ring is 1. The van der Waals surface area contributed by atoms with Gasteiger partial charge in [-0.1, -0.05) is 24.3 Å². The van der Waals surface area contributed by atoms with Crippen molar-refractivity contribution in [1.29, 1.82) is 0 Å². The molecular formula is C18H12N6OS. The fraction of sp³-hybridized carbons (Fsp3) is 0. The molecule has 8 heteroatoms. The Bertz CT molecular complexity index is 1190. The highest BCUT2D eigenvalue weighted by Crippen LogP contribution is 2.36. The van der Waals surface area contributed by atoms with Crippen LogP contribution in [0.15, 0.2) is 64.9 Å². The summed E-state index contributed by atoms with van der Waals surface area (Å²) >= 11 is 1.65. The van der Waals surface area contributed by atoms with Gasteiger partial charge in [0.25, 0.3) is 0 Å². The maximum Gasteiger partial charge on any atom is 0.199 e. The highest BCUT2D eigenvalue weighted by atomic mass is 32.1. The second kappa shape index (κ2) is 5.78. The van der Waals surface area contributed by atoms with Crippen LogP contribution in [-0.2, 0) is 0 Å². The molecular weight excluding hydrogens is 348 g/mol. The smallest absolute Gasteiger partial charge is 0.199 e. The number of hydrogen-bond donors (Lipinski definition) is 1. The normalized spacial score (nSPS) is 11.2. The highest BCUT2D eigenvalue weighted by Gasteiger charge is 2.22. The number of imidazole rings is 1. The van der Waals surface area contributed by atoms with Gasteiger partial charge >= 0.3 is 0 Å². The molecule has 2 N–H and O–H groups in total. The average Bonchev–Trinajstić information content (AvgIpc) is 3.41. The second-order valence-corrected chi connectivity index (χ2v) is 6.58. The second-order valence-electron chi connectivity index (χ2n) is 5.64. The van der Waals surface area contributed by atoms with Gasteiger partial charge in [-0.25, -0.2) is 9.61 Å². The lowest BCUT2D eigenvalue weighted by molar-refractivity contribution is 0.310. The number of nitrogens with two attached hydrogens (primary N) is 1. The lowest BCUT2D eigenvalue weighted by atomic mass is 10.2. The summed E-state index contributed by atoms with van der Waals surface area (Å²) in [7, 11) is 0. The molecule has 0 unspecified atom stereocenters. The van der Waals surface area contributed by atoms with Crippen LogP contribution in [0.1, 0.15) is 0 Å². The molecule has 126 valence electrons. The number of thiophene rings is 1. The first-order valence-electron chi connectivity index (χ1n) is 7.87. The van der Waals surface area contributed by atoms with E-state index < -0.39 is 0 Å². The molecule has 0 radical (unpaired) electrons. The highest BCUT2D eigenvalue weighted by molar-refractivity contribution is 7.13. The minimum atomic E-state index is 0.197. The maximum atomic E-state index is 5.94. The molecule has 4 heterocycles. The van der Waals surface area contributed by atoms with Crippen LogP contribution < -0.4 is 5.73 Å². The monoisotopic (exact) mass is 360 g/mol. The van der Waals surface area contributed by atoms with Crippen molar-refractivity contribution in [3.8, 4) is 27.6 Å². The van der Waals surface area contributed by atoms with Crippen LogP contribution in [0.25, 0.3) is 38.7 Å². The third kappa shape index (κ3) is 2.20. The predicted octanol–water partition coefficient (Wildman–Crippen LogP) is 3.78. The van der Waals surface area contributed by atoms with Gasteiger partial charge in [0.05, 0.1) is 11.7 Å². The number of benzene rings is 1. The summed E-state index contributed by atoms with van der Waals surface area (Å²) in [6.45, 7) is 0. The van der Waals surface area contributed by atoms with Crippen LogP contribution in [0.3, 0.4) is 0 Å². The molecule has 1 aromatic carbocycles. The molecule has 0 saturated heterocycles. The van der Waals surface area contributed by atoms with Gasteiger partial charge in [-0.15, -0.1) is 11.3 Å². The first-order valence-corrected chi connectivity index (χ1v) is 8.75. The molecule has 7 nitrogen and oxygen atoms in total. The summed E-state index contributed by atoms with van der Waals surface area (Å²) in [5.41, 5.74) is 9.96. The molecule has 5 aromatic rings. The fourth-order valence-electron chi connectivity index (χ4n) is 2.98. The SMILES string of the molecule is Nc1nonc1-c1nc2cncc(-c3cccs3)c2n1-c1ccccc1. The number of nitrogens with zero attached hydrogens (tertiary/aromatic N) is 5. The molecule has 0 aliphatic rings.